The molecule has 3 aromatic rings. The van der Waals surface area contributed by atoms with Crippen LogP contribution in [0.2, 0.25) is 15.1 Å². The van der Waals surface area contributed by atoms with E-state index in [1.165, 1.54) is 0 Å². The first-order valence-electron chi connectivity index (χ1n) is 13.2. The summed E-state index contributed by atoms with van der Waals surface area (Å²) in [5, 5.41) is 6.44. The Kier molecular flexibility index (Phi) is 9.59. The van der Waals surface area contributed by atoms with Gasteiger partial charge in [0.25, 0.3) is 5.91 Å². The van der Waals surface area contributed by atoms with Crippen molar-refractivity contribution in [1.29, 1.82) is 0 Å². The number of allylic oxidation sites excluding steroid dienone is 1. The molecule has 0 N–H and O–H groups in total. The lowest BCUT2D eigenvalue weighted by atomic mass is 9.88. The number of hydrogen-bond donors (Lipinski definition) is 0. The van der Waals surface area contributed by atoms with Gasteiger partial charge < -0.3 is 4.90 Å². The summed E-state index contributed by atoms with van der Waals surface area (Å²) in [6.07, 6.45) is 4.23. The minimum Gasteiger partial charge on any atom is -0.335 e. The van der Waals surface area contributed by atoms with Crippen molar-refractivity contribution >= 4 is 40.7 Å². The quantitative estimate of drug-likeness (QED) is 0.245. The molecule has 1 saturated heterocycles. The van der Waals surface area contributed by atoms with Gasteiger partial charge in [-0.15, -0.1) is 6.58 Å². The second-order valence-corrected chi connectivity index (χ2v) is 11.4. The van der Waals surface area contributed by atoms with E-state index in [1.807, 2.05) is 48.2 Å². The summed E-state index contributed by atoms with van der Waals surface area (Å²) in [7, 11) is 0. The van der Waals surface area contributed by atoms with Crippen LogP contribution in [0.5, 0.6) is 0 Å². The third-order valence-electron chi connectivity index (χ3n) is 7.58. The van der Waals surface area contributed by atoms with Gasteiger partial charge in [-0.25, -0.2) is 4.68 Å². The Morgan fingerprint density at radius 1 is 1.05 bits per heavy atom. The van der Waals surface area contributed by atoms with E-state index >= 15 is 0 Å². The van der Waals surface area contributed by atoms with Crippen LogP contribution in [0, 0.1) is 18.8 Å². The van der Waals surface area contributed by atoms with Crippen molar-refractivity contribution in [2.45, 2.75) is 33.6 Å². The van der Waals surface area contributed by atoms with Gasteiger partial charge in [0.05, 0.1) is 16.4 Å². The predicted molar refractivity (Wildman–Crippen MR) is 159 cm³/mol. The van der Waals surface area contributed by atoms with Gasteiger partial charge in [0.1, 0.15) is 0 Å². The Morgan fingerprint density at radius 2 is 1.71 bits per heavy atom. The Labute approximate surface area is 241 Å². The number of carbonyl (C=O) groups is 1. The van der Waals surface area contributed by atoms with Crippen molar-refractivity contribution in [2.24, 2.45) is 11.8 Å². The van der Waals surface area contributed by atoms with Crippen LogP contribution in [0.1, 0.15) is 42.7 Å². The van der Waals surface area contributed by atoms with Gasteiger partial charge >= 0.3 is 0 Å². The number of nitrogens with zero attached hydrogens (tertiary/aromatic N) is 4. The average Bonchev–Trinajstić information content (AvgIpc) is 3.24. The fourth-order valence-corrected chi connectivity index (χ4v) is 5.94. The molecular formula is C30H35Cl3N4O. The van der Waals surface area contributed by atoms with E-state index in [4.69, 9.17) is 39.9 Å². The van der Waals surface area contributed by atoms with Crippen molar-refractivity contribution in [3.05, 3.63) is 81.4 Å². The number of piperazine rings is 1. The predicted octanol–water partition coefficient (Wildman–Crippen LogP) is 7.80. The van der Waals surface area contributed by atoms with Gasteiger partial charge in [0.2, 0.25) is 0 Å². The molecule has 1 amide bonds. The third kappa shape index (κ3) is 6.28. The molecule has 2 atom stereocenters. The van der Waals surface area contributed by atoms with E-state index in [9.17, 15) is 4.79 Å². The number of aromatic nitrogens is 2. The van der Waals surface area contributed by atoms with Crippen LogP contribution in [-0.2, 0) is 0 Å². The van der Waals surface area contributed by atoms with Crippen molar-refractivity contribution in [3.63, 3.8) is 0 Å². The smallest absolute Gasteiger partial charge is 0.274 e. The lowest BCUT2D eigenvalue weighted by molar-refractivity contribution is 0.0597. The Bertz CT molecular complexity index is 1280. The van der Waals surface area contributed by atoms with Crippen molar-refractivity contribution in [1.82, 2.24) is 19.6 Å². The zero-order valence-electron chi connectivity index (χ0n) is 22.3. The zero-order chi connectivity index (χ0) is 27.4. The molecule has 4 rings (SSSR count). The summed E-state index contributed by atoms with van der Waals surface area (Å²) >= 11 is 18.9. The summed E-state index contributed by atoms with van der Waals surface area (Å²) < 4.78 is 1.74. The Morgan fingerprint density at radius 3 is 2.32 bits per heavy atom. The van der Waals surface area contributed by atoms with Crippen LogP contribution >= 0.6 is 34.8 Å². The minimum absolute atomic E-state index is 0.0626. The first kappa shape index (κ1) is 28.7. The normalized spacial score (nSPS) is 15.9. The van der Waals surface area contributed by atoms with Crippen LogP contribution in [0.4, 0.5) is 0 Å². The first-order chi connectivity index (χ1) is 18.2. The van der Waals surface area contributed by atoms with E-state index in [0.29, 0.717) is 51.4 Å². The number of hydrogen-bond acceptors (Lipinski definition) is 3. The Hall–Kier alpha value is -2.31. The summed E-state index contributed by atoms with van der Waals surface area (Å²) in [5.74, 6) is 1.17. The molecule has 2 heterocycles. The van der Waals surface area contributed by atoms with Crippen molar-refractivity contribution in [3.8, 4) is 16.9 Å². The lowest BCUT2D eigenvalue weighted by Gasteiger charge is -2.37. The maximum atomic E-state index is 13.8. The van der Waals surface area contributed by atoms with Crippen LogP contribution in [0.3, 0.4) is 0 Å². The number of carbonyl (C=O) groups excluding carboxylic acids is 1. The van der Waals surface area contributed by atoms with Gasteiger partial charge in [-0.05, 0) is 55.5 Å². The number of halogens is 3. The van der Waals surface area contributed by atoms with Crippen LogP contribution < -0.4 is 0 Å². The molecule has 0 bridgehead atoms. The molecule has 5 nitrogen and oxygen atoms in total. The van der Waals surface area contributed by atoms with Crippen LogP contribution in [0.25, 0.3) is 16.9 Å². The maximum absolute atomic E-state index is 13.8. The third-order valence-corrected chi connectivity index (χ3v) is 8.37. The number of benzene rings is 2. The second-order valence-electron chi connectivity index (χ2n) is 10.1. The molecule has 2 unspecified atom stereocenters. The zero-order valence-corrected chi connectivity index (χ0v) is 24.5. The molecule has 2 aromatic carbocycles. The second kappa shape index (κ2) is 12.7. The van der Waals surface area contributed by atoms with Gasteiger partial charge in [-0.2, -0.15) is 5.10 Å². The van der Waals surface area contributed by atoms with E-state index in [1.54, 1.807) is 16.8 Å². The van der Waals surface area contributed by atoms with Crippen LogP contribution in [-0.4, -0.2) is 58.2 Å². The van der Waals surface area contributed by atoms with E-state index < -0.39 is 0 Å². The molecule has 0 saturated carbocycles. The molecule has 1 fully saturated rings. The van der Waals surface area contributed by atoms with Gasteiger partial charge in [0, 0.05) is 53.9 Å². The van der Waals surface area contributed by atoms with Crippen LogP contribution in [0.15, 0.2) is 55.1 Å². The van der Waals surface area contributed by atoms with E-state index in [-0.39, 0.29) is 5.91 Å². The van der Waals surface area contributed by atoms with E-state index in [0.717, 1.165) is 49.3 Å². The number of amides is 1. The largest absolute Gasteiger partial charge is 0.335 e. The van der Waals surface area contributed by atoms with Gasteiger partial charge in [0.15, 0.2) is 5.69 Å². The lowest BCUT2D eigenvalue weighted by Crippen LogP contribution is -2.50. The molecule has 0 aliphatic carbocycles. The topological polar surface area (TPSA) is 41.4 Å². The summed E-state index contributed by atoms with van der Waals surface area (Å²) in [4.78, 5) is 18.1. The highest BCUT2D eigenvalue weighted by Crippen LogP contribution is 2.34. The summed E-state index contributed by atoms with van der Waals surface area (Å²) in [5.41, 5.74) is 3.59. The maximum Gasteiger partial charge on any atom is 0.274 e. The van der Waals surface area contributed by atoms with Gasteiger partial charge in [-0.3, -0.25) is 9.69 Å². The highest BCUT2D eigenvalue weighted by molar-refractivity contribution is 6.35. The average molecular weight is 574 g/mol. The summed E-state index contributed by atoms with van der Waals surface area (Å²) in [6, 6.07) is 12.8. The van der Waals surface area contributed by atoms with Crippen molar-refractivity contribution < 1.29 is 4.79 Å². The molecule has 8 heteroatoms. The summed E-state index contributed by atoms with van der Waals surface area (Å²) in [6.45, 7) is 14.5. The number of rotatable bonds is 9. The van der Waals surface area contributed by atoms with Crippen molar-refractivity contribution in [2.75, 3.05) is 32.7 Å². The highest BCUT2D eigenvalue weighted by Gasteiger charge is 2.29. The standard InChI is InChI=1S/C30H35Cl3N4O/c1-5-7-22(6-2)20(3)19-35-14-16-36(17-15-35)30(38)28-21(4)29(23-8-10-24(31)11-9-23)37(34-28)27-13-12-25(32)18-26(27)33/h5,8-13,18,20,22H,1,6-7,14-17,19H2,2-4H3. The molecule has 1 aliphatic heterocycles. The molecule has 38 heavy (non-hydrogen) atoms. The Balaban J connectivity index is 1.58. The fraction of sp³-hybridized carbons (Fsp3) is 0.400. The highest BCUT2D eigenvalue weighted by atomic mass is 35.5. The SMILES string of the molecule is C=CCC(CC)C(C)CN1CCN(C(=O)c2nn(-c3ccc(Cl)cc3Cl)c(-c3ccc(Cl)cc3)c2C)CC1. The minimum atomic E-state index is -0.0626. The molecule has 1 aliphatic rings. The molecule has 202 valence electrons. The molecular weight excluding hydrogens is 539 g/mol. The van der Waals surface area contributed by atoms with Gasteiger partial charge in [-0.1, -0.05) is 73.3 Å². The molecule has 0 radical (unpaired) electrons. The van der Waals surface area contributed by atoms with E-state index in [2.05, 4.69) is 25.3 Å². The molecule has 1 aromatic heterocycles. The fourth-order valence-electron chi connectivity index (χ4n) is 5.33. The first-order valence-corrected chi connectivity index (χ1v) is 14.3. The monoisotopic (exact) mass is 572 g/mol. The molecule has 0 spiro atoms.